The summed E-state index contributed by atoms with van der Waals surface area (Å²) in [7, 11) is 0. The molecule has 5 heteroatoms. The summed E-state index contributed by atoms with van der Waals surface area (Å²) in [5.74, 6) is 0.107. The molecule has 1 nitrogen and oxygen atoms in total. The summed E-state index contributed by atoms with van der Waals surface area (Å²) in [5.41, 5.74) is -4.08. The zero-order valence-corrected chi connectivity index (χ0v) is 8.60. The molecule has 13 heavy (non-hydrogen) atoms. The van der Waals surface area contributed by atoms with E-state index in [9.17, 15) is 13.2 Å². The van der Waals surface area contributed by atoms with Gasteiger partial charge in [0.1, 0.15) is 0 Å². The smallest absolute Gasteiger partial charge is 0.316 e. The molecule has 0 aliphatic carbocycles. The first kappa shape index (κ1) is 13.1. The highest BCUT2D eigenvalue weighted by Gasteiger charge is 2.27. The van der Waals surface area contributed by atoms with Crippen molar-refractivity contribution in [3.63, 3.8) is 0 Å². The van der Waals surface area contributed by atoms with Crippen molar-refractivity contribution in [1.29, 1.82) is 0 Å². The molecule has 0 radical (unpaired) electrons. The lowest BCUT2D eigenvalue weighted by Gasteiger charge is -2.06. The molecular weight excluding hydrogens is 199 g/mol. The fraction of sp³-hybridized carbons (Fsp3) is 1.00. The highest BCUT2D eigenvalue weighted by atomic mass is 32.2. The predicted octanol–water partition coefficient (Wildman–Crippen LogP) is 3.02. The molecule has 0 aliphatic heterocycles. The van der Waals surface area contributed by atoms with Crippen LogP contribution in [0.5, 0.6) is 0 Å². The lowest BCUT2D eigenvalue weighted by Crippen LogP contribution is -2.19. The van der Waals surface area contributed by atoms with Crippen LogP contribution < -0.4 is 5.32 Å². The second-order valence-electron chi connectivity index (χ2n) is 2.75. The topological polar surface area (TPSA) is 12.0 Å². The van der Waals surface area contributed by atoms with Crippen molar-refractivity contribution in [2.45, 2.75) is 31.7 Å². The van der Waals surface area contributed by atoms with Gasteiger partial charge in [-0.1, -0.05) is 19.8 Å². The first-order valence-corrected chi connectivity index (χ1v) is 5.46. The Kier molecular flexibility index (Phi) is 7.56. The average Bonchev–Trinajstić information content (AvgIpc) is 2.01. The van der Waals surface area contributed by atoms with Gasteiger partial charge in [0.2, 0.25) is 0 Å². The van der Waals surface area contributed by atoms with Crippen molar-refractivity contribution in [1.82, 2.24) is 5.32 Å². The molecule has 0 saturated heterocycles. The molecule has 0 rings (SSSR count). The molecule has 0 aromatic heterocycles. The van der Waals surface area contributed by atoms with Gasteiger partial charge < -0.3 is 5.32 Å². The fourth-order valence-electron chi connectivity index (χ4n) is 0.864. The molecule has 0 aromatic carbocycles. The van der Waals surface area contributed by atoms with Gasteiger partial charge in [0.05, 0.1) is 0 Å². The van der Waals surface area contributed by atoms with Gasteiger partial charge in [0.25, 0.3) is 0 Å². The summed E-state index contributed by atoms with van der Waals surface area (Å²) in [6.45, 7) is 3.36. The third-order valence-electron chi connectivity index (χ3n) is 1.50. The second kappa shape index (κ2) is 7.50. The minimum absolute atomic E-state index is 0.0349. The third-order valence-corrected chi connectivity index (χ3v) is 2.24. The monoisotopic (exact) mass is 215 g/mol. The largest absolute Gasteiger partial charge is 0.441 e. The molecule has 0 aliphatic rings. The van der Waals surface area contributed by atoms with Gasteiger partial charge in [-0.05, 0) is 24.7 Å². The zero-order chi connectivity index (χ0) is 10.2. The summed E-state index contributed by atoms with van der Waals surface area (Å²) in [6.07, 6.45) is 3.32. The van der Waals surface area contributed by atoms with Gasteiger partial charge in [-0.15, -0.1) is 0 Å². The lowest BCUT2D eigenvalue weighted by atomic mass is 10.2. The number of halogens is 3. The molecule has 0 atom stereocenters. The summed E-state index contributed by atoms with van der Waals surface area (Å²) in [4.78, 5) is 0. The first-order valence-electron chi connectivity index (χ1n) is 4.47. The Hall–Kier alpha value is 0.100. The maximum absolute atomic E-state index is 11.6. The summed E-state index contributed by atoms with van der Waals surface area (Å²) < 4.78 is 34.9. The van der Waals surface area contributed by atoms with Crippen LogP contribution in [0.2, 0.25) is 0 Å². The number of unbranched alkanes of at least 4 members (excludes halogenated alkanes) is 2. The van der Waals surface area contributed by atoms with Gasteiger partial charge in [-0.3, -0.25) is 0 Å². The molecule has 0 spiro atoms. The van der Waals surface area contributed by atoms with E-state index in [1.165, 1.54) is 0 Å². The van der Waals surface area contributed by atoms with E-state index >= 15 is 0 Å². The zero-order valence-electron chi connectivity index (χ0n) is 7.78. The maximum atomic E-state index is 11.6. The van der Waals surface area contributed by atoms with E-state index in [0.29, 0.717) is 6.54 Å². The van der Waals surface area contributed by atoms with Crippen LogP contribution in [0.25, 0.3) is 0 Å². The number of hydrogen-bond donors (Lipinski definition) is 1. The number of thioether (sulfide) groups is 1. The van der Waals surface area contributed by atoms with Crippen molar-refractivity contribution in [2.75, 3.05) is 18.8 Å². The van der Waals surface area contributed by atoms with E-state index in [-0.39, 0.29) is 17.5 Å². The number of rotatable bonds is 7. The van der Waals surface area contributed by atoms with E-state index in [4.69, 9.17) is 0 Å². The van der Waals surface area contributed by atoms with Gasteiger partial charge in [0, 0.05) is 12.3 Å². The van der Waals surface area contributed by atoms with E-state index in [1.807, 2.05) is 0 Å². The van der Waals surface area contributed by atoms with Gasteiger partial charge in [-0.25, -0.2) is 0 Å². The van der Waals surface area contributed by atoms with Crippen LogP contribution in [-0.2, 0) is 0 Å². The molecule has 0 heterocycles. The quantitative estimate of drug-likeness (QED) is 0.655. The summed E-state index contributed by atoms with van der Waals surface area (Å²) >= 11 is 0.0349. The molecule has 0 aromatic rings. The van der Waals surface area contributed by atoms with Crippen molar-refractivity contribution in [3.8, 4) is 0 Å². The number of hydrogen-bond acceptors (Lipinski definition) is 2. The minimum Gasteiger partial charge on any atom is -0.316 e. The molecule has 0 fully saturated rings. The lowest BCUT2D eigenvalue weighted by molar-refractivity contribution is -0.0327. The Morgan fingerprint density at radius 1 is 1.15 bits per heavy atom. The SMILES string of the molecule is CCCCCNCCSC(F)(F)F. The Balaban J connectivity index is 3.00. The highest BCUT2D eigenvalue weighted by molar-refractivity contribution is 8.00. The summed E-state index contributed by atoms with van der Waals surface area (Å²) in [5, 5.41) is 2.97. The van der Waals surface area contributed by atoms with Crippen LogP contribution in [0.4, 0.5) is 13.2 Å². The van der Waals surface area contributed by atoms with E-state index in [2.05, 4.69) is 12.2 Å². The maximum Gasteiger partial charge on any atom is 0.441 e. The van der Waals surface area contributed by atoms with Crippen LogP contribution in [-0.4, -0.2) is 24.4 Å². The van der Waals surface area contributed by atoms with Crippen LogP contribution in [0, 0.1) is 0 Å². The Labute approximate surface area is 81.5 Å². The minimum atomic E-state index is -4.08. The average molecular weight is 215 g/mol. The molecular formula is C8H16F3NS. The molecule has 0 bridgehead atoms. The Morgan fingerprint density at radius 2 is 1.85 bits per heavy atom. The second-order valence-corrected chi connectivity index (χ2v) is 3.91. The summed E-state index contributed by atoms with van der Waals surface area (Å²) in [6, 6.07) is 0. The van der Waals surface area contributed by atoms with E-state index < -0.39 is 5.51 Å². The van der Waals surface area contributed by atoms with Crippen molar-refractivity contribution >= 4 is 11.8 Å². The third kappa shape index (κ3) is 12.1. The molecule has 80 valence electrons. The predicted molar refractivity (Wildman–Crippen MR) is 50.9 cm³/mol. The first-order chi connectivity index (χ1) is 6.06. The number of nitrogens with one attached hydrogen (secondary N) is 1. The van der Waals surface area contributed by atoms with Gasteiger partial charge in [-0.2, -0.15) is 13.2 Å². The standard InChI is InChI=1S/C8H16F3NS/c1-2-3-4-5-12-6-7-13-8(9,10)11/h12H,2-7H2,1H3. The van der Waals surface area contributed by atoms with Gasteiger partial charge in [0.15, 0.2) is 0 Å². The van der Waals surface area contributed by atoms with Crippen LogP contribution in [0.1, 0.15) is 26.2 Å². The van der Waals surface area contributed by atoms with E-state index in [0.717, 1.165) is 25.8 Å². The van der Waals surface area contributed by atoms with Crippen molar-refractivity contribution in [3.05, 3.63) is 0 Å². The van der Waals surface area contributed by atoms with Crippen LogP contribution in [0.15, 0.2) is 0 Å². The molecule has 0 unspecified atom stereocenters. The highest BCUT2D eigenvalue weighted by Crippen LogP contribution is 2.29. The normalized spacial score (nSPS) is 12.0. The van der Waals surface area contributed by atoms with Crippen LogP contribution in [0.3, 0.4) is 0 Å². The Morgan fingerprint density at radius 3 is 2.38 bits per heavy atom. The number of alkyl halides is 3. The van der Waals surface area contributed by atoms with Gasteiger partial charge >= 0.3 is 5.51 Å². The van der Waals surface area contributed by atoms with E-state index in [1.54, 1.807) is 0 Å². The molecule has 0 saturated carbocycles. The fourth-order valence-corrected chi connectivity index (χ4v) is 1.34. The molecule has 1 N–H and O–H groups in total. The van der Waals surface area contributed by atoms with Crippen LogP contribution >= 0.6 is 11.8 Å². The molecule has 0 amide bonds. The van der Waals surface area contributed by atoms with Crippen molar-refractivity contribution < 1.29 is 13.2 Å². The Bertz CT molecular complexity index is 116. The van der Waals surface area contributed by atoms with Crippen molar-refractivity contribution in [2.24, 2.45) is 0 Å².